The second-order valence-corrected chi connectivity index (χ2v) is 8.32. The number of aromatic amines is 1. The minimum atomic E-state index is -3.79. The number of halogens is 2. The fraction of sp³-hybridized carbons (Fsp3) is 0.263. The van der Waals surface area contributed by atoms with Crippen LogP contribution in [0, 0.1) is 0 Å². The smallest absolute Gasteiger partial charge is 0.295 e. The molecule has 2 aromatic carbocycles. The summed E-state index contributed by atoms with van der Waals surface area (Å²) in [5, 5.41) is 12.5. The van der Waals surface area contributed by atoms with Gasteiger partial charge in [-0.05, 0) is 36.4 Å². The summed E-state index contributed by atoms with van der Waals surface area (Å²) >= 11 is 0. The SMILES string of the molecule is CCN(CC)S(=O)(=O)c1ccc(O)c(NC(=O)c2ccc3nc(C(F)F)[nH]c3c2)c1. The van der Waals surface area contributed by atoms with Crippen LogP contribution >= 0.6 is 0 Å². The standard InChI is InChI=1S/C19H20F2N4O4S/c1-3-25(4-2)30(28,29)12-6-8-16(26)15(10-12)24-19(27)11-5-7-13-14(9-11)23-18(22-13)17(20)21/h5-10,17,26H,3-4H2,1-2H3,(H,22,23)(H,24,27). The van der Waals surface area contributed by atoms with Crippen molar-refractivity contribution in [2.45, 2.75) is 25.2 Å². The molecular formula is C19H20F2N4O4S. The number of aromatic nitrogens is 2. The summed E-state index contributed by atoms with van der Waals surface area (Å²) in [6.45, 7) is 3.95. The molecule has 1 aromatic heterocycles. The summed E-state index contributed by atoms with van der Waals surface area (Å²) in [6.07, 6.45) is -2.78. The fourth-order valence-corrected chi connectivity index (χ4v) is 4.44. The van der Waals surface area contributed by atoms with Crippen LogP contribution in [0.3, 0.4) is 0 Å². The van der Waals surface area contributed by atoms with Crippen molar-refractivity contribution in [2.75, 3.05) is 18.4 Å². The highest BCUT2D eigenvalue weighted by Crippen LogP contribution is 2.29. The topological polar surface area (TPSA) is 115 Å². The molecule has 30 heavy (non-hydrogen) atoms. The van der Waals surface area contributed by atoms with Crippen molar-refractivity contribution in [2.24, 2.45) is 0 Å². The number of phenolic OH excluding ortho intramolecular Hbond substituents is 1. The van der Waals surface area contributed by atoms with E-state index in [2.05, 4.69) is 15.3 Å². The number of fused-ring (bicyclic) bond motifs is 1. The number of alkyl halides is 2. The van der Waals surface area contributed by atoms with Crippen molar-refractivity contribution < 1.29 is 27.1 Å². The van der Waals surface area contributed by atoms with Crippen LogP contribution in [-0.2, 0) is 10.0 Å². The number of H-pyrrole nitrogens is 1. The first-order chi connectivity index (χ1) is 14.2. The molecule has 11 heteroatoms. The van der Waals surface area contributed by atoms with E-state index in [0.717, 1.165) is 0 Å². The maximum absolute atomic E-state index is 12.8. The lowest BCUT2D eigenvalue weighted by Crippen LogP contribution is -2.30. The first kappa shape index (κ1) is 21.7. The van der Waals surface area contributed by atoms with Crippen LogP contribution in [0.25, 0.3) is 11.0 Å². The van der Waals surface area contributed by atoms with Crippen molar-refractivity contribution in [1.29, 1.82) is 0 Å². The summed E-state index contributed by atoms with van der Waals surface area (Å²) in [5.41, 5.74) is 0.548. The van der Waals surface area contributed by atoms with Gasteiger partial charge in [0.2, 0.25) is 10.0 Å². The van der Waals surface area contributed by atoms with Crippen LogP contribution in [0.4, 0.5) is 14.5 Å². The van der Waals surface area contributed by atoms with Gasteiger partial charge in [0.25, 0.3) is 12.3 Å². The largest absolute Gasteiger partial charge is 0.506 e. The Morgan fingerprint density at radius 2 is 1.90 bits per heavy atom. The first-order valence-electron chi connectivity index (χ1n) is 9.09. The van der Waals surface area contributed by atoms with Gasteiger partial charge in [-0.2, -0.15) is 4.31 Å². The zero-order valence-electron chi connectivity index (χ0n) is 16.2. The van der Waals surface area contributed by atoms with E-state index in [1.54, 1.807) is 13.8 Å². The summed E-state index contributed by atoms with van der Waals surface area (Å²) in [7, 11) is -3.79. The molecule has 0 radical (unpaired) electrons. The minimum absolute atomic E-state index is 0.0788. The van der Waals surface area contributed by atoms with Gasteiger partial charge in [0, 0.05) is 18.7 Å². The van der Waals surface area contributed by atoms with E-state index >= 15 is 0 Å². The van der Waals surface area contributed by atoms with Crippen molar-refractivity contribution in [3.63, 3.8) is 0 Å². The number of carbonyl (C=O) groups excluding carboxylic acids is 1. The Kier molecular flexibility index (Phi) is 6.04. The van der Waals surface area contributed by atoms with E-state index < -0.39 is 28.2 Å². The summed E-state index contributed by atoms with van der Waals surface area (Å²) < 4.78 is 52.2. The molecule has 160 valence electrons. The number of hydrogen-bond donors (Lipinski definition) is 3. The third kappa shape index (κ3) is 4.12. The second-order valence-electron chi connectivity index (χ2n) is 6.38. The normalized spacial score (nSPS) is 12.1. The van der Waals surface area contributed by atoms with Gasteiger partial charge in [-0.15, -0.1) is 0 Å². The lowest BCUT2D eigenvalue weighted by molar-refractivity contribution is 0.102. The number of nitrogens with zero attached hydrogens (tertiary/aromatic N) is 2. The average Bonchev–Trinajstić information content (AvgIpc) is 3.14. The Hall–Kier alpha value is -3.05. The number of phenols is 1. The number of imidazole rings is 1. The number of amides is 1. The number of rotatable bonds is 7. The molecule has 1 amide bonds. The molecule has 8 nitrogen and oxygen atoms in total. The van der Waals surface area contributed by atoms with Crippen LogP contribution in [-0.4, -0.2) is 46.8 Å². The number of anilines is 1. The predicted octanol–water partition coefficient (Wildman–Crippen LogP) is 3.49. The highest BCUT2D eigenvalue weighted by Gasteiger charge is 2.23. The summed E-state index contributed by atoms with van der Waals surface area (Å²) in [5.74, 6) is -1.48. The van der Waals surface area contributed by atoms with Crippen molar-refractivity contribution in [3.8, 4) is 5.75 Å². The Bertz CT molecular complexity index is 1190. The van der Waals surface area contributed by atoms with Crippen LogP contribution in [0.2, 0.25) is 0 Å². The van der Waals surface area contributed by atoms with E-state index in [4.69, 9.17) is 0 Å². The summed E-state index contributed by atoms with van der Waals surface area (Å²) in [6, 6.07) is 7.75. The van der Waals surface area contributed by atoms with Gasteiger partial charge >= 0.3 is 0 Å². The van der Waals surface area contributed by atoms with E-state index in [9.17, 15) is 27.1 Å². The molecule has 3 N–H and O–H groups in total. The zero-order valence-corrected chi connectivity index (χ0v) is 17.0. The number of aromatic hydroxyl groups is 1. The van der Waals surface area contributed by atoms with Gasteiger partial charge in [-0.3, -0.25) is 4.79 Å². The lowest BCUT2D eigenvalue weighted by Gasteiger charge is -2.19. The zero-order chi connectivity index (χ0) is 22.1. The number of carbonyl (C=O) groups is 1. The third-order valence-electron chi connectivity index (χ3n) is 4.53. The molecule has 0 aliphatic heterocycles. The van der Waals surface area contributed by atoms with Crippen molar-refractivity contribution in [3.05, 3.63) is 47.8 Å². The number of benzene rings is 2. The number of sulfonamides is 1. The molecule has 0 unspecified atom stereocenters. The molecule has 3 aromatic rings. The molecule has 0 saturated heterocycles. The summed E-state index contributed by atoms with van der Waals surface area (Å²) in [4.78, 5) is 18.7. The van der Waals surface area contributed by atoms with E-state index in [-0.39, 0.29) is 46.0 Å². The van der Waals surface area contributed by atoms with E-state index in [1.807, 2.05) is 0 Å². The third-order valence-corrected chi connectivity index (χ3v) is 6.57. The van der Waals surface area contributed by atoms with Crippen LogP contribution in [0.5, 0.6) is 5.75 Å². The maximum Gasteiger partial charge on any atom is 0.295 e. The quantitative estimate of drug-likeness (QED) is 0.489. The molecule has 0 bridgehead atoms. The molecule has 3 rings (SSSR count). The molecule has 0 saturated carbocycles. The molecule has 0 aliphatic carbocycles. The van der Waals surface area contributed by atoms with Crippen molar-refractivity contribution in [1.82, 2.24) is 14.3 Å². The van der Waals surface area contributed by atoms with Crippen molar-refractivity contribution >= 4 is 32.7 Å². The van der Waals surface area contributed by atoms with Gasteiger partial charge in [0.05, 0.1) is 21.6 Å². The molecule has 0 atom stereocenters. The Labute approximate surface area is 171 Å². The maximum atomic E-state index is 12.8. The van der Waals surface area contributed by atoms with Crippen LogP contribution in [0.1, 0.15) is 36.5 Å². The van der Waals surface area contributed by atoms with E-state index in [1.165, 1.54) is 40.7 Å². The Balaban J connectivity index is 1.90. The van der Waals surface area contributed by atoms with Gasteiger partial charge in [0.15, 0.2) is 5.82 Å². The molecule has 0 spiro atoms. The van der Waals surface area contributed by atoms with Crippen LogP contribution in [0.15, 0.2) is 41.3 Å². The predicted molar refractivity (Wildman–Crippen MR) is 107 cm³/mol. The number of hydrogen-bond acceptors (Lipinski definition) is 5. The molecule has 0 aliphatic rings. The highest BCUT2D eigenvalue weighted by atomic mass is 32.2. The molecular weight excluding hydrogens is 418 g/mol. The first-order valence-corrected chi connectivity index (χ1v) is 10.5. The Morgan fingerprint density at radius 1 is 1.20 bits per heavy atom. The van der Waals surface area contributed by atoms with Gasteiger partial charge in [-0.1, -0.05) is 13.8 Å². The lowest BCUT2D eigenvalue weighted by atomic mass is 10.2. The second kappa shape index (κ2) is 8.36. The Morgan fingerprint density at radius 3 is 2.53 bits per heavy atom. The average molecular weight is 438 g/mol. The minimum Gasteiger partial charge on any atom is -0.506 e. The highest BCUT2D eigenvalue weighted by molar-refractivity contribution is 7.89. The fourth-order valence-electron chi connectivity index (χ4n) is 2.96. The van der Waals surface area contributed by atoms with Crippen LogP contribution < -0.4 is 5.32 Å². The van der Waals surface area contributed by atoms with Gasteiger partial charge in [-0.25, -0.2) is 22.2 Å². The molecule has 1 heterocycles. The monoisotopic (exact) mass is 438 g/mol. The number of nitrogens with one attached hydrogen (secondary N) is 2. The van der Waals surface area contributed by atoms with E-state index in [0.29, 0.717) is 0 Å². The molecule has 0 fully saturated rings. The van der Waals surface area contributed by atoms with Gasteiger partial charge < -0.3 is 15.4 Å². The van der Waals surface area contributed by atoms with Gasteiger partial charge in [0.1, 0.15) is 5.75 Å².